The Balaban J connectivity index is 1.33. The predicted octanol–water partition coefficient (Wildman–Crippen LogP) is 4.85. The molecule has 39 heavy (non-hydrogen) atoms. The van der Waals surface area contributed by atoms with E-state index in [-0.39, 0.29) is 22.8 Å². The van der Waals surface area contributed by atoms with Crippen molar-refractivity contribution in [1.29, 1.82) is 0 Å². The first-order valence-electron chi connectivity index (χ1n) is 13.6. The van der Waals surface area contributed by atoms with Crippen molar-refractivity contribution in [3.05, 3.63) is 89.5 Å². The van der Waals surface area contributed by atoms with Gasteiger partial charge in [-0.1, -0.05) is 69.3 Å². The molecule has 1 saturated heterocycles. The lowest BCUT2D eigenvalue weighted by atomic mass is 9.86. The van der Waals surface area contributed by atoms with Crippen LogP contribution < -0.4 is 14.4 Å². The zero-order valence-corrected chi connectivity index (χ0v) is 23.7. The summed E-state index contributed by atoms with van der Waals surface area (Å²) in [6.07, 6.45) is 1.55. The number of sulfonamides is 1. The van der Waals surface area contributed by atoms with Crippen molar-refractivity contribution >= 4 is 21.6 Å². The summed E-state index contributed by atoms with van der Waals surface area (Å²) in [5, 5.41) is 2.94. The molecule has 0 saturated carbocycles. The van der Waals surface area contributed by atoms with Crippen LogP contribution in [0.5, 0.6) is 5.75 Å². The summed E-state index contributed by atoms with van der Waals surface area (Å²) >= 11 is 0. The second-order valence-electron chi connectivity index (χ2n) is 11.4. The number of nitrogens with zero attached hydrogens (tertiary/aromatic N) is 2. The minimum atomic E-state index is -3.92. The Bertz CT molecular complexity index is 1410. The highest BCUT2D eigenvalue weighted by Crippen LogP contribution is 2.40. The fourth-order valence-electron chi connectivity index (χ4n) is 5.07. The maximum atomic E-state index is 13.7. The number of anilines is 1. The van der Waals surface area contributed by atoms with Crippen LogP contribution in [0.25, 0.3) is 0 Å². The van der Waals surface area contributed by atoms with Gasteiger partial charge < -0.3 is 10.1 Å². The van der Waals surface area contributed by atoms with Crippen molar-refractivity contribution in [1.82, 2.24) is 10.2 Å². The highest BCUT2D eigenvalue weighted by atomic mass is 32.2. The summed E-state index contributed by atoms with van der Waals surface area (Å²) < 4.78 is 34.9. The second kappa shape index (κ2) is 11.0. The van der Waals surface area contributed by atoms with Crippen LogP contribution in [0, 0.1) is 0 Å². The van der Waals surface area contributed by atoms with Gasteiger partial charge in [-0.05, 0) is 72.3 Å². The topological polar surface area (TPSA) is 79.0 Å². The molecule has 1 unspecified atom stereocenters. The van der Waals surface area contributed by atoms with E-state index in [1.807, 2.05) is 24.3 Å². The van der Waals surface area contributed by atoms with Crippen LogP contribution in [0.3, 0.4) is 0 Å². The van der Waals surface area contributed by atoms with Gasteiger partial charge in [0.05, 0.1) is 17.1 Å². The summed E-state index contributed by atoms with van der Waals surface area (Å²) in [7, 11) is -3.92. The van der Waals surface area contributed by atoms with Crippen LogP contribution in [0.1, 0.15) is 50.3 Å². The third-order valence-electron chi connectivity index (χ3n) is 7.41. The third-order valence-corrected chi connectivity index (χ3v) is 9.21. The van der Waals surface area contributed by atoms with Crippen molar-refractivity contribution in [2.45, 2.75) is 63.1 Å². The molecule has 3 aromatic rings. The first-order valence-corrected chi connectivity index (χ1v) is 15.0. The van der Waals surface area contributed by atoms with Crippen LogP contribution in [-0.4, -0.2) is 45.0 Å². The number of fused-ring (bicyclic) bond motifs is 1. The van der Waals surface area contributed by atoms with E-state index >= 15 is 0 Å². The maximum absolute atomic E-state index is 13.7. The lowest BCUT2D eigenvalue weighted by molar-refractivity contribution is -0.127. The van der Waals surface area contributed by atoms with E-state index in [4.69, 9.17) is 4.74 Å². The molecule has 0 aromatic heterocycles. The molecule has 1 atom stereocenters. The second-order valence-corrected chi connectivity index (χ2v) is 13.3. The Morgan fingerprint density at radius 3 is 2.28 bits per heavy atom. The molecule has 0 spiro atoms. The minimum Gasteiger partial charge on any atom is -0.476 e. The lowest BCUT2D eigenvalue weighted by Gasteiger charge is -2.36. The van der Waals surface area contributed by atoms with E-state index in [2.05, 4.69) is 43.1 Å². The third kappa shape index (κ3) is 6.12. The molecule has 8 heteroatoms. The Labute approximate surface area is 231 Å². The van der Waals surface area contributed by atoms with Crippen LogP contribution >= 0.6 is 0 Å². The van der Waals surface area contributed by atoms with E-state index < -0.39 is 16.1 Å². The number of benzene rings is 3. The van der Waals surface area contributed by atoms with Crippen LogP contribution in [0.2, 0.25) is 0 Å². The van der Waals surface area contributed by atoms with Gasteiger partial charge in [0.1, 0.15) is 5.75 Å². The summed E-state index contributed by atoms with van der Waals surface area (Å²) in [5.41, 5.74) is 3.48. The van der Waals surface area contributed by atoms with Crippen molar-refractivity contribution in [3.63, 3.8) is 0 Å². The predicted molar refractivity (Wildman–Crippen MR) is 153 cm³/mol. The molecule has 2 aliphatic rings. The van der Waals surface area contributed by atoms with Crippen molar-refractivity contribution in [2.24, 2.45) is 0 Å². The van der Waals surface area contributed by atoms with Gasteiger partial charge in [-0.25, -0.2) is 8.42 Å². The van der Waals surface area contributed by atoms with Crippen LogP contribution in [0.15, 0.2) is 77.7 Å². The Kier molecular flexibility index (Phi) is 7.69. The number of hydrogen-bond acceptors (Lipinski definition) is 5. The number of ether oxygens (including phenoxy) is 1. The Morgan fingerprint density at radius 1 is 0.949 bits per heavy atom. The molecule has 0 bridgehead atoms. The molecule has 2 aliphatic heterocycles. The van der Waals surface area contributed by atoms with Crippen LogP contribution in [0.4, 0.5) is 5.69 Å². The average Bonchev–Trinajstić information content (AvgIpc) is 3.44. The van der Waals surface area contributed by atoms with Gasteiger partial charge in [0.25, 0.3) is 15.9 Å². The normalized spacial score (nSPS) is 17.9. The average molecular weight is 548 g/mol. The van der Waals surface area contributed by atoms with E-state index in [0.717, 1.165) is 30.8 Å². The summed E-state index contributed by atoms with van der Waals surface area (Å²) in [6.45, 7) is 9.69. The van der Waals surface area contributed by atoms with E-state index in [9.17, 15) is 13.2 Å². The molecule has 1 fully saturated rings. The van der Waals surface area contributed by atoms with Crippen molar-refractivity contribution in [3.8, 4) is 5.75 Å². The fourth-order valence-corrected chi connectivity index (χ4v) is 6.55. The molecule has 3 aromatic carbocycles. The highest BCUT2D eigenvalue weighted by Gasteiger charge is 2.38. The summed E-state index contributed by atoms with van der Waals surface area (Å²) in [6, 6.07) is 22.1. The molecule has 2 heterocycles. The number of hydrogen-bond donors (Lipinski definition) is 1. The van der Waals surface area contributed by atoms with Crippen molar-refractivity contribution < 1.29 is 17.9 Å². The number of amides is 1. The molecule has 1 N–H and O–H groups in total. The fraction of sp³-hybridized carbons (Fsp3) is 0.387. The van der Waals surface area contributed by atoms with Gasteiger partial charge in [-0.15, -0.1) is 0 Å². The number of likely N-dealkylation sites (tertiary alicyclic amines) is 1. The number of carbonyl (C=O) groups is 1. The van der Waals surface area contributed by atoms with E-state index in [1.165, 1.54) is 22.7 Å². The highest BCUT2D eigenvalue weighted by molar-refractivity contribution is 7.92. The van der Waals surface area contributed by atoms with Gasteiger partial charge >= 0.3 is 0 Å². The molecule has 0 aliphatic carbocycles. The minimum absolute atomic E-state index is 0.113. The largest absolute Gasteiger partial charge is 0.476 e. The van der Waals surface area contributed by atoms with Crippen LogP contribution in [-0.2, 0) is 33.3 Å². The first kappa shape index (κ1) is 27.2. The zero-order chi connectivity index (χ0) is 27.6. The molecule has 1 amide bonds. The SMILES string of the molecule is CC(C)(C)c1ccc2c(c1)N(S(=O)(=O)c1ccccc1)CC(C(=O)NCc1ccc(CN3CCCC3)cc1)O2. The number of rotatable bonds is 7. The monoisotopic (exact) mass is 547 g/mol. The number of carbonyl (C=O) groups excluding carboxylic acids is 1. The Hall–Kier alpha value is -3.36. The molecule has 7 nitrogen and oxygen atoms in total. The Morgan fingerprint density at radius 2 is 1.62 bits per heavy atom. The zero-order valence-electron chi connectivity index (χ0n) is 22.9. The quantitative estimate of drug-likeness (QED) is 0.458. The smallest absolute Gasteiger partial charge is 0.264 e. The lowest BCUT2D eigenvalue weighted by Crippen LogP contribution is -2.50. The summed E-state index contributed by atoms with van der Waals surface area (Å²) in [5.74, 6) is 0.0233. The van der Waals surface area contributed by atoms with Gasteiger partial charge in [-0.3, -0.25) is 14.0 Å². The molecular formula is C31H37N3O4S. The van der Waals surface area contributed by atoms with Gasteiger partial charge in [-0.2, -0.15) is 0 Å². The van der Waals surface area contributed by atoms with Gasteiger partial charge in [0, 0.05) is 13.1 Å². The van der Waals surface area contributed by atoms with Crippen molar-refractivity contribution in [2.75, 3.05) is 23.9 Å². The number of nitrogens with one attached hydrogen (secondary N) is 1. The van der Waals surface area contributed by atoms with E-state index in [1.54, 1.807) is 36.4 Å². The summed E-state index contributed by atoms with van der Waals surface area (Å²) in [4.78, 5) is 15.9. The molecule has 206 valence electrons. The molecule has 0 radical (unpaired) electrons. The van der Waals surface area contributed by atoms with E-state index in [0.29, 0.717) is 18.0 Å². The standard InChI is InChI=1S/C31H37N3O4S/c1-31(2,3)25-15-16-28-27(19-25)34(39(36,37)26-9-5-4-6-10-26)22-29(38-28)30(35)32-20-23-11-13-24(14-12-23)21-33-17-7-8-18-33/h4-6,9-16,19,29H,7-8,17-18,20-22H2,1-3H3,(H,32,35). The first-order chi connectivity index (χ1) is 18.6. The maximum Gasteiger partial charge on any atom is 0.264 e. The molecule has 5 rings (SSSR count). The van der Waals surface area contributed by atoms with Gasteiger partial charge in [0.2, 0.25) is 0 Å². The van der Waals surface area contributed by atoms with Gasteiger partial charge in [0.15, 0.2) is 6.10 Å². The molecular weight excluding hydrogens is 510 g/mol.